The van der Waals surface area contributed by atoms with Gasteiger partial charge in [0.05, 0.1) is 19.9 Å². The van der Waals surface area contributed by atoms with Crippen LogP contribution in [0.4, 0.5) is 5.95 Å². The number of carbonyl (C=O) groups is 1. The Morgan fingerprint density at radius 2 is 2.10 bits per heavy atom. The average Bonchev–Trinajstić information content (AvgIpc) is 3.19. The molecule has 0 radical (unpaired) electrons. The maximum absolute atomic E-state index is 13.3. The molecule has 2 aromatic heterocycles. The topological polar surface area (TPSA) is 94.3 Å². The minimum atomic E-state index is -0.361. The number of anilines is 1. The Bertz CT molecular complexity index is 1230. The number of imidazole rings is 1. The van der Waals surface area contributed by atoms with Crippen LogP contribution in [0.1, 0.15) is 17.3 Å². The number of methoxy groups -OCH3 is 1. The molecule has 0 atom stereocenters. The minimum absolute atomic E-state index is 0.171. The van der Waals surface area contributed by atoms with E-state index in [1.54, 1.807) is 38.3 Å². The van der Waals surface area contributed by atoms with Gasteiger partial charge in [-0.25, -0.2) is 9.67 Å². The third kappa shape index (κ3) is 4.15. The largest absolute Gasteiger partial charge is 0.497 e. The van der Waals surface area contributed by atoms with E-state index >= 15 is 0 Å². The van der Waals surface area contributed by atoms with Crippen molar-refractivity contribution in [3.8, 4) is 17.6 Å². The molecule has 0 amide bonds. The number of piperazine rings is 1. The SMILES string of the molecule is CC#CCn1c(N2CCNCC2)nc2cnn(CC(=O)c3cccc(OC)c3)c(=O)c21. The Balaban J connectivity index is 1.73. The third-order valence-corrected chi connectivity index (χ3v) is 5.23. The van der Waals surface area contributed by atoms with Crippen LogP contribution >= 0.6 is 0 Å². The number of benzene rings is 1. The molecule has 1 fully saturated rings. The number of aromatic nitrogens is 4. The third-order valence-electron chi connectivity index (χ3n) is 5.23. The molecule has 1 N–H and O–H groups in total. The fraction of sp³-hybridized carbons (Fsp3) is 0.364. The van der Waals surface area contributed by atoms with Crippen LogP contribution in [-0.4, -0.2) is 58.4 Å². The highest BCUT2D eigenvalue weighted by Gasteiger charge is 2.22. The lowest BCUT2D eigenvalue weighted by molar-refractivity contribution is 0.0965. The second-order valence-electron chi connectivity index (χ2n) is 7.16. The summed E-state index contributed by atoms with van der Waals surface area (Å²) in [6.07, 6.45) is 1.54. The van der Waals surface area contributed by atoms with Crippen molar-refractivity contribution in [2.45, 2.75) is 20.0 Å². The van der Waals surface area contributed by atoms with Crippen LogP contribution in [-0.2, 0) is 13.1 Å². The first-order chi connectivity index (χ1) is 15.1. The summed E-state index contributed by atoms with van der Waals surface area (Å²) < 4.78 is 8.19. The van der Waals surface area contributed by atoms with Gasteiger partial charge in [0.1, 0.15) is 23.3 Å². The van der Waals surface area contributed by atoms with E-state index in [0.29, 0.717) is 34.8 Å². The fourth-order valence-electron chi connectivity index (χ4n) is 3.62. The highest BCUT2D eigenvalue weighted by Crippen LogP contribution is 2.20. The summed E-state index contributed by atoms with van der Waals surface area (Å²) in [6.45, 7) is 5.21. The number of nitrogens with zero attached hydrogens (tertiary/aromatic N) is 5. The quantitative estimate of drug-likeness (QED) is 0.468. The van der Waals surface area contributed by atoms with Gasteiger partial charge in [-0.1, -0.05) is 18.1 Å². The first kappa shape index (κ1) is 20.6. The van der Waals surface area contributed by atoms with Gasteiger partial charge >= 0.3 is 0 Å². The monoisotopic (exact) mass is 420 g/mol. The first-order valence-corrected chi connectivity index (χ1v) is 10.1. The minimum Gasteiger partial charge on any atom is -0.497 e. The van der Waals surface area contributed by atoms with Gasteiger partial charge in [-0.15, -0.1) is 5.92 Å². The van der Waals surface area contributed by atoms with Gasteiger partial charge in [-0.2, -0.15) is 5.10 Å². The number of fused-ring (bicyclic) bond motifs is 1. The highest BCUT2D eigenvalue weighted by atomic mass is 16.5. The van der Waals surface area contributed by atoms with Crippen molar-refractivity contribution < 1.29 is 9.53 Å². The van der Waals surface area contributed by atoms with E-state index in [-0.39, 0.29) is 17.9 Å². The van der Waals surface area contributed by atoms with E-state index in [1.807, 2.05) is 4.57 Å². The molecular formula is C22H24N6O3. The maximum Gasteiger partial charge on any atom is 0.293 e. The van der Waals surface area contributed by atoms with Crippen molar-refractivity contribution in [1.29, 1.82) is 0 Å². The van der Waals surface area contributed by atoms with E-state index in [9.17, 15) is 9.59 Å². The zero-order chi connectivity index (χ0) is 21.8. The molecule has 0 aliphatic carbocycles. The van der Waals surface area contributed by atoms with Gasteiger partial charge in [-0.05, 0) is 19.1 Å². The molecule has 1 saturated heterocycles. The smallest absolute Gasteiger partial charge is 0.293 e. The van der Waals surface area contributed by atoms with Crippen molar-refractivity contribution in [2.75, 3.05) is 38.2 Å². The number of carbonyl (C=O) groups excluding carboxylic acids is 1. The fourth-order valence-corrected chi connectivity index (χ4v) is 3.62. The van der Waals surface area contributed by atoms with Crippen molar-refractivity contribution >= 4 is 22.8 Å². The Morgan fingerprint density at radius 3 is 2.84 bits per heavy atom. The van der Waals surface area contributed by atoms with E-state index < -0.39 is 0 Å². The Labute approximate surface area is 179 Å². The van der Waals surface area contributed by atoms with Crippen LogP contribution in [0.5, 0.6) is 5.75 Å². The lowest BCUT2D eigenvalue weighted by atomic mass is 10.1. The van der Waals surface area contributed by atoms with E-state index in [4.69, 9.17) is 4.74 Å². The lowest BCUT2D eigenvalue weighted by Crippen LogP contribution is -2.44. The molecule has 0 saturated carbocycles. The summed E-state index contributed by atoms with van der Waals surface area (Å²) in [6, 6.07) is 6.84. The summed E-state index contributed by atoms with van der Waals surface area (Å²) in [5.74, 6) is 6.97. The van der Waals surface area contributed by atoms with Gasteiger partial charge in [0.15, 0.2) is 5.78 Å². The van der Waals surface area contributed by atoms with Crippen LogP contribution in [0, 0.1) is 11.8 Å². The number of ether oxygens (including phenoxy) is 1. The van der Waals surface area contributed by atoms with Crippen molar-refractivity contribution in [3.05, 3.63) is 46.4 Å². The van der Waals surface area contributed by atoms with Crippen LogP contribution in [0.15, 0.2) is 35.3 Å². The standard InChI is InChI=1S/C22H24N6O3/c1-3-4-10-27-20-18(25-22(27)26-11-8-23-9-12-26)14-24-28(21(20)30)15-19(29)16-6-5-7-17(13-16)31-2/h5-7,13-14,23H,8-12,15H2,1-2H3. The number of hydrogen-bond donors (Lipinski definition) is 1. The van der Waals surface area contributed by atoms with Gasteiger partial charge in [0, 0.05) is 31.7 Å². The molecule has 3 aromatic rings. The summed E-state index contributed by atoms with van der Waals surface area (Å²) >= 11 is 0. The number of rotatable bonds is 6. The highest BCUT2D eigenvalue weighted by molar-refractivity contribution is 5.96. The first-order valence-electron chi connectivity index (χ1n) is 10.1. The molecule has 0 bridgehead atoms. The van der Waals surface area contributed by atoms with Crippen molar-refractivity contribution in [1.82, 2.24) is 24.6 Å². The molecule has 4 rings (SSSR count). The van der Waals surface area contributed by atoms with E-state index in [1.165, 1.54) is 10.9 Å². The van der Waals surface area contributed by atoms with Crippen LogP contribution in [0.2, 0.25) is 0 Å². The number of Topliss-reactive ketones (excluding diaryl/α,β-unsaturated/α-hetero) is 1. The Kier molecular flexibility index (Phi) is 6.00. The molecule has 1 aromatic carbocycles. The Hall–Kier alpha value is -3.64. The van der Waals surface area contributed by atoms with Crippen LogP contribution in [0.25, 0.3) is 11.0 Å². The molecule has 0 unspecified atom stereocenters. The molecule has 1 aliphatic rings. The number of nitrogens with one attached hydrogen (secondary N) is 1. The summed E-state index contributed by atoms with van der Waals surface area (Å²) in [4.78, 5) is 32.9. The molecule has 31 heavy (non-hydrogen) atoms. The second kappa shape index (κ2) is 9.02. The van der Waals surface area contributed by atoms with Gasteiger partial charge in [0.2, 0.25) is 5.95 Å². The summed E-state index contributed by atoms with van der Waals surface area (Å²) in [5, 5.41) is 7.52. The van der Waals surface area contributed by atoms with Gasteiger partial charge in [0.25, 0.3) is 5.56 Å². The molecule has 160 valence electrons. The van der Waals surface area contributed by atoms with E-state index in [0.717, 1.165) is 26.2 Å². The van der Waals surface area contributed by atoms with Crippen LogP contribution in [0.3, 0.4) is 0 Å². The summed E-state index contributed by atoms with van der Waals surface area (Å²) in [5.41, 5.74) is 1.01. The molecule has 9 heteroatoms. The lowest BCUT2D eigenvalue weighted by Gasteiger charge is -2.28. The number of hydrogen-bond acceptors (Lipinski definition) is 7. The molecule has 3 heterocycles. The zero-order valence-electron chi connectivity index (χ0n) is 17.6. The van der Waals surface area contributed by atoms with Gasteiger partial charge in [-0.3, -0.25) is 14.2 Å². The maximum atomic E-state index is 13.3. The van der Waals surface area contributed by atoms with Crippen molar-refractivity contribution in [3.63, 3.8) is 0 Å². The van der Waals surface area contributed by atoms with Crippen LogP contribution < -0.4 is 20.5 Å². The molecule has 1 aliphatic heterocycles. The second-order valence-corrected chi connectivity index (χ2v) is 7.16. The molecule has 0 spiro atoms. The van der Waals surface area contributed by atoms with Gasteiger partial charge < -0.3 is 15.0 Å². The zero-order valence-corrected chi connectivity index (χ0v) is 17.6. The Morgan fingerprint density at radius 1 is 1.29 bits per heavy atom. The number of ketones is 1. The normalized spacial score (nSPS) is 13.7. The predicted molar refractivity (Wildman–Crippen MR) is 118 cm³/mol. The molecule has 9 nitrogen and oxygen atoms in total. The summed E-state index contributed by atoms with van der Waals surface area (Å²) in [7, 11) is 1.54. The molecular weight excluding hydrogens is 396 g/mol. The van der Waals surface area contributed by atoms with Crippen molar-refractivity contribution in [2.24, 2.45) is 0 Å². The van der Waals surface area contributed by atoms with E-state index in [2.05, 4.69) is 32.1 Å². The predicted octanol–water partition coefficient (Wildman–Crippen LogP) is 0.917. The average molecular weight is 420 g/mol.